The highest BCUT2D eigenvalue weighted by Gasteiger charge is 2.30. The van der Waals surface area contributed by atoms with Crippen molar-refractivity contribution in [2.45, 2.75) is 19.0 Å². The van der Waals surface area contributed by atoms with Crippen molar-refractivity contribution in [3.63, 3.8) is 0 Å². The van der Waals surface area contributed by atoms with Gasteiger partial charge in [0.1, 0.15) is 23.4 Å². The van der Waals surface area contributed by atoms with Gasteiger partial charge in [-0.15, -0.1) is 0 Å². The van der Waals surface area contributed by atoms with Crippen molar-refractivity contribution >= 4 is 11.8 Å². The molecule has 3 rings (SSSR count). The second-order valence-corrected chi connectivity index (χ2v) is 7.21. The molecule has 0 saturated carbocycles. The van der Waals surface area contributed by atoms with Gasteiger partial charge in [-0.1, -0.05) is 42.5 Å². The van der Waals surface area contributed by atoms with Gasteiger partial charge in [-0.2, -0.15) is 0 Å². The standard InChI is InChI=1S/C25H24F2N2O3/c1-28-25(31)23(15-18-5-3-2-4-6-18)29(16-19-7-9-20(26)10-8-19)24(30)17-32-22-13-11-21(27)12-14-22/h2-14,23H,15-17H2,1H3,(H,28,31). The largest absolute Gasteiger partial charge is 0.484 e. The summed E-state index contributed by atoms with van der Waals surface area (Å²) in [6.07, 6.45) is 0.296. The number of hydrogen-bond acceptors (Lipinski definition) is 3. The zero-order chi connectivity index (χ0) is 22.9. The van der Waals surface area contributed by atoms with E-state index in [4.69, 9.17) is 4.74 Å². The Morgan fingerprint density at radius 1 is 0.875 bits per heavy atom. The SMILES string of the molecule is CNC(=O)C(Cc1ccccc1)N(Cc1ccc(F)cc1)C(=O)COc1ccc(F)cc1. The van der Waals surface area contributed by atoms with Crippen molar-refractivity contribution in [1.82, 2.24) is 10.2 Å². The molecule has 1 unspecified atom stereocenters. The molecule has 0 bridgehead atoms. The van der Waals surface area contributed by atoms with Gasteiger partial charge in [0.25, 0.3) is 5.91 Å². The van der Waals surface area contributed by atoms with Gasteiger partial charge in [0.2, 0.25) is 5.91 Å². The fraction of sp³-hybridized carbons (Fsp3) is 0.200. The van der Waals surface area contributed by atoms with E-state index < -0.39 is 23.6 Å². The average molecular weight is 438 g/mol. The maximum Gasteiger partial charge on any atom is 0.261 e. The summed E-state index contributed by atoms with van der Waals surface area (Å²) in [5, 5.41) is 2.62. The number of hydrogen-bond donors (Lipinski definition) is 1. The number of halogens is 2. The minimum atomic E-state index is -0.809. The highest BCUT2D eigenvalue weighted by Crippen LogP contribution is 2.17. The predicted molar refractivity (Wildman–Crippen MR) is 117 cm³/mol. The van der Waals surface area contributed by atoms with Crippen LogP contribution in [-0.2, 0) is 22.6 Å². The Labute approximate surface area is 185 Å². The molecule has 3 aromatic rings. The molecule has 166 valence electrons. The van der Waals surface area contributed by atoms with Crippen LogP contribution in [0.3, 0.4) is 0 Å². The van der Waals surface area contributed by atoms with Gasteiger partial charge in [-0.3, -0.25) is 9.59 Å². The first kappa shape index (κ1) is 22.9. The molecule has 1 atom stereocenters. The van der Waals surface area contributed by atoms with Crippen LogP contribution >= 0.6 is 0 Å². The molecule has 3 aromatic carbocycles. The Bertz CT molecular complexity index is 1030. The van der Waals surface area contributed by atoms with Crippen molar-refractivity contribution in [1.29, 1.82) is 0 Å². The van der Waals surface area contributed by atoms with Crippen molar-refractivity contribution in [3.8, 4) is 5.75 Å². The van der Waals surface area contributed by atoms with Crippen molar-refractivity contribution in [3.05, 3.63) is 102 Å². The van der Waals surface area contributed by atoms with Crippen LogP contribution in [-0.4, -0.2) is 36.4 Å². The topological polar surface area (TPSA) is 58.6 Å². The highest BCUT2D eigenvalue weighted by molar-refractivity contribution is 5.88. The van der Waals surface area contributed by atoms with Crippen LogP contribution < -0.4 is 10.1 Å². The van der Waals surface area contributed by atoms with Gasteiger partial charge in [-0.25, -0.2) is 8.78 Å². The molecule has 0 aliphatic rings. The van der Waals surface area contributed by atoms with E-state index >= 15 is 0 Å². The Kier molecular flexibility index (Phi) is 7.91. The number of ether oxygens (including phenoxy) is 1. The first-order valence-corrected chi connectivity index (χ1v) is 10.1. The summed E-state index contributed by atoms with van der Waals surface area (Å²) < 4.78 is 32.0. The fourth-order valence-electron chi connectivity index (χ4n) is 3.27. The number of rotatable bonds is 9. The van der Waals surface area contributed by atoms with Crippen LogP contribution in [0.15, 0.2) is 78.9 Å². The zero-order valence-corrected chi connectivity index (χ0v) is 17.6. The molecule has 2 amide bonds. The van der Waals surface area contributed by atoms with Gasteiger partial charge in [-0.05, 0) is 47.5 Å². The second-order valence-electron chi connectivity index (χ2n) is 7.21. The number of carbonyl (C=O) groups is 2. The second kappa shape index (κ2) is 11.0. The Morgan fingerprint density at radius 3 is 2.06 bits per heavy atom. The summed E-state index contributed by atoms with van der Waals surface area (Å²) >= 11 is 0. The summed E-state index contributed by atoms with van der Waals surface area (Å²) in [6.45, 7) is -0.244. The van der Waals surface area contributed by atoms with Gasteiger partial charge in [0.15, 0.2) is 6.61 Å². The van der Waals surface area contributed by atoms with Crippen LogP contribution in [0, 0.1) is 11.6 Å². The lowest BCUT2D eigenvalue weighted by atomic mass is 10.0. The van der Waals surface area contributed by atoms with Crippen molar-refractivity contribution in [2.75, 3.05) is 13.7 Å². The Balaban J connectivity index is 1.85. The van der Waals surface area contributed by atoms with E-state index in [1.54, 1.807) is 12.1 Å². The maximum atomic E-state index is 13.4. The monoisotopic (exact) mass is 438 g/mol. The molecule has 0 saturated heterocycles. The molecule has 0 aliphatic carbocycles. The van der Waals surface area contributed by atoms with E-state index in [2.05, 4.69) is 5.32 Å². The molecule has 0 spiro atoms. The molecule has 1 N–H and O–H groups in total. The quantitative estimate of drug-likeness (QED) is 0.554. The van der Waals surface area contributed by atoms with Gasteiger partial charge >= 0.3 is 0 Å². The van der Waals surface area contributed by atoms with E-state index in [0.29, 0.717) is 17.7 Å². The zero-order valence-electron chi connectivity index (χ0n) is 17.6. The lowest BCUT2D eigenvalue weighted by Gasteiger charge is -2.31. The number of nitrogens with one attached hydrogen (secondary N) is 1. The van der Waals surface area contributed by atoms with Gasteiger partial charge < -0.3 is 15.0 Å². The van der Waals surface area contributed by atoms with E-state index in [1.165, 1.54) is 48.3 Å². The molecule has 0 aliphatic heterocycles. The highest BCUT2D eigenvalue weighted by atomic mass is 19.1. The average Bonchev–Trinajstić information content (AvgIpc) is 2.82. The number of benzene rings is 3. The molecule has 7 heteroatoms. The first-order chi connectivity index (χ1) is 15.5. The lowest BCUT2D eigenvalue weighted by molar-refractivity contribution is -0.142. The summed E-state index contributed by atoms with van der Waals surface area (Å²) in [4.78, 5) is 27.4. The van der Waals surface area contributed by atoms with Crippen LogP contribution in [0.5, 0.6) is 5.75 Å². The van der Waals surface area contributed by atoms with E-state index in [-0.39, 0.29) is 19.1 Å². The lowest BCUT2D eigenvalue weighted by Crippen LogP contribution is -2.51. The summed E-state index contributed by atoms with van der Waals surface area (Å²) in [6, 6.07) is 19.6. The number of carbonyl (C=O) groups excluding carboxylic acids is 2. The fourth-order valence-corrected chi connectivity index (χ4v) is 3.27. The third-order valence-electron chi connectivity index (χ3n) is 4.96. The summed E-state index contributed by atoms with van der Waals surface area (Å²) in [5.41, 5.74) is 1.56. The summed E-state index contributed by atoms with van der Waals surface area (Å²) in [7, 11) is 1.51. The van der Waals surface area contributed by atoms with Crippen LogP contribution in [0.2, 0.25) is 0 Å². The summed E-state index contributed by atoms with van der Waals surface area (Å²) in [5.74, 6) is -1.22. The molecule has 0 fully saturated rings. The molecule has 5 nitrogen and oxygen atoms in total. The molecule has 32 heavy (non-hydrogen) atoms. The van der Waals surface area contributed by atoms with Gasteiger partial charge in [0, 0.05) is 20.0 Å². The van der Waals surface area contributed by atoms with Crippen LogP contribution in [0.4, 0.5) is 8.78 Å². The first-order valence-electron chi connectivity index (χ1n) is 10.1. The van der Waals surface area contributed by atoms with E-state index in [1.807, 2.05) is 30.3 Å². The molecular formula is C25H24F2N2O3. The smallest absolute Gasteiger partial charge is 0.261 e. The minimum Gasteiger partial charge on any atom is -0.484 e. The molecule has 0 aromatic heterocycles. The van der Waals surface area contributed by atoms with Crippen molar-refractivity contribution < 1.29 is 23.1 Å². The van der Waals surface area contributed by atoms with Gasteiger partial charge in [0.05, 0.1) is 0 Å². The van der Waals surface area contributed by atoms with Crippen molar-refractivity contribution in [2.24, 2.45) is 0 Å². The molecule has 0 radical (unpaired) electrons. The Morgan fingerprint density at radius 2 is 1.47 bits per heavy atom. The van der Waals surface area contributed by atoms with E-state index in [0.717, 1.165) is 5.56 Å². The minimum absolute atomic E-state index is 0.0941. The third kappa shape index (κ3) is 6.38. The molecule has 0 heterocycles. The van der Waals surface area contributed by atoms with E-state index in [9.17, 15) is 18.4 Å². The normalized spacial score (nSPS) is 11.5. The van der Waals surface area contributed by atoms with Crippen LogP contribution in [0.1, 0.15) is 11.1 Å². The number of amides is 2. The van der Waals surface area contributed by atoms with Crippen LogP contribution in [0.25, 0.3) is 0 Å². The number of likely N-dealkylation sites (N-methyl/N-ethyl adjacent to an activating group) is 1. The number of nitrogens with zero attached hydrogens (tertiary/aromatic N) is 1. The third-order valence-corrected chi connectivity index (χ3v) is 4.96. The maximum absolute atomic E-state index is 13.4. The molecular weight excluding hydrogens is 414 g/mol. The Hall–Kier alpha value is -3.74. The predicted octanol–water partition coefficient (Wildman–Crippen LogP) is 3.73.